The summed E-state index contributed by atoms with van der Waals surface area (Å²) in [6.45, 7) is 1.96. The van der Waals surface area contributed by atoms with Crippen molar-refractivity contribution >= 4 is 23.4 Å². The van der Waals surface area contributed by atoms with E-state index in [1.54, 1.807) is 6.07 Å². The third-order valence-electron chi connectivity index (χ3n) is 3.22. The first kappa shape index (κ1) is 13.1. The Morgan fingerprint density at radius 1 is 1.25 bits per heavy atom. The number of benzene rings is 2. The number of carbonyl (C=O) groups is 1. The molecule has 5 heteroatoms. The summed E-state index contributed by atoms with van der Waals surface area (Å²) in [7, 11) is 0. The van der Waals surface area contributed by atoms with Gasteiger partial charge in [-0.1, -0.05) is 30.0 Å². The van der Waals surface area contributed by atoms with E-state index in [9.17, 15) is 14.3 Å². The molecule has 0 saturated carbocycles. The molecule has 1 heterocycles. The first-order chi connectivity index (χ1) is 9.56. The number of hydrogen-bond acceptors (Lipinski definition) is 3. The summed E-state index contributed by atoms with van der Waals surface area (Å²) in [4.78, 5) is 12.8. The Bertz CT molecular complexity index is 702. The van der Waals surface area contributed by atoms with Crippen LogP contribution in [0.3, 0.4) is 0 Å². The first-order valence-electron chi connectivity index (χ1n) is 6.12. The maximum atomic E-state index is 14.1. The molecule has 0 aromatic heterocycles. The number of anilines is 1. The number of fused-ring (bicyclic) bond motifs is 1. The molecular formula is C15H12FNO2S. The highest BCUT2D eigenvalue weighted by molar-refractivity contribution is 7.99. The van der Waals surface area contributed by atoms with E-state index in [1.807, 2.05) is 31.2 Å². The summed E-state index contributed by atoms with van der Waals surface area (Å²) in [5.41, 5.74) is 1.82. The van der Waals surface area contributed by atoms with Gasteiger partial charge in [0.2, 0.25) is 0 Å². The van der Waals surface area contributed by atoms with Crippen molar-refractivity contribution in [3.63, 3.8) is 0 Å². The largest absolute Gasteiger partial charge is 0.378 e. The number of aliphatic hydroxyl groups is 1. The Balaban J connectivity index is 1.99. The molecule has 2 aromatic carbocycles. The smallest absolute Gasteiger partial charge is 0.257 e. The predicted octanol–water partition coefficient (Wildman–Crippen LogP) is 3.27. The van der Waals surface area contributed by atoms with E-state index >= 15 is 0 Å². The van der Waals surface area contributed by atoms with Gasteiger partial charge in [0.15, 0.2) is 6.10 Å². The summed E-state index contributed by atoms with van der Waals surface area (Å²) < 4.78 is 14.1. The fourth-order valence-electron chi connectivity index (χ4n) is 2.11. The Morgan fingerprint density at radius 2 is 2.00 bits per heavy atom. The van der Waals surface area contributed by atoms with E-state index in [0.29, 0.717) is 16.1 Å². The second-order valence-electron chi connectivity index (χ2n) is 4.63. The van der Waals surface area contributed by atoms with Crippen LogP contribution in [-0.4, -0.2) is 11.0 Å². The molecule has 0 saturated heterocycles. The maximum Gasteiger partial charge on any atom is 0.257 e. The van der Waals surface area contributed by atoms with Gasteiger partial charge in [-0.15, -0.1) is 0 Å². The second kappa shape index (κ2) is 4.92. The molecule has 3 rings (SSSR count). The Hall–Kier alpha value is -1.85. The lowest BCUT2D eigenvalue weighted by Gasteiger charge is -2.08. The normalized spacial score (nSPS) is 16.9. The van der Waals surface area contributed by atoms with Crippen LogP contribution in [0.5, 0.6) is 0 Å². The van der Waals surface area contributed by atoms with E-state index in [0.717, 1.165) is 10.5 Å². The molecule has 0 bridgehead atoms. The number of rotatable bonds is 2. The summed E-state index contributed by atoms with van der Waals surface area (Å²) in [6.07, 6.45) is -1.28. The molecule has 1 unspecified atom stereocenters. The lowest BCUT2D eigenvalue weighted by atomic mass is 10.1. The van der Waals surface area contributed by atoms with Crippen LogP contribution in [-0.2, 0) is 4.79 Å². The third kappa shape index (κ3) is 2.19. The van der Waals surface area contributed by atoms with Gasteiger partial charge >= 0.3 is 0 Å². The highest BCUT2D eigenvalue weighted by Gasteiger charge is 2.30. The molecule has 2 N–H and O–H groups in total. The van der Waals surface area contributed by atoms with Crippen molar-refractivity contribution in [2.75, 3.05) is 5.32 Å². The summed E-state index contributed by atoms with van der Waals surface area (Å²) in [5.74, 6) is -0.954. The Labute approximate surface area is 119 Å². The fraction of sp³-hybridized carbons (Fsp3) is 0.133. The van der Waals surface area contributed by atoms with Crippen molar-refractivity contribution in [2.24, 2.45) is 0 Å². The van der Waals surface area contributed by atoms with E-state index in [1.165, 1.54) is 17.8 Å². The standard InChI is InChI=1S/C15H12FNO2S/c1-8-4-2-3-5-12(8)20-13-7-11-9(6-10(13)16)14(18)15(19)17-11/h2-7,14,18H,1H3,(H,17,19). The number of hydrogen-bond donors (Lipinski definition) is 2. The summed E-state index contributed by atoms with van der Waals surface area (Å²) in [5, 5.41) is 12.2. The molecular weight excluding hydrogens is 277 g/mol. The number of aliphatic hydroxyl groups excluding tert-OH is 1. The van der Waals surface area contributed by atoms with Crippen LogP contribution in [0.2, 0.25) is 0 Å². The SMILES string of the molecule is Cc1ccccc1Sc1cc2c(cc1F)C(O)C(=O)N2. The predicted molar refractivity (Wildman–Crippen MR) is 75.3 cm³/mol. The second-order valence-corrected chi connectivity index (χ2v) is 5.71. The van der Waals surface area contributed by atoms with Crippen LogP contribution in [0.25, 0.3) is 0 Å². The van der Waals surface area contributed by atoms with Crippen LogP contribution < -0.4 is 5.32 Å². The first-order valence-corrected chi connectivity index (χ1v) is 6.94. The van der Waals surface area contributed by atoms with Crippen LogP contribution >= 0.6 is 11.8 Å². The Morgan fingerprint density at radius 3 is 2.75 bits per heavy atom. The van der Waals surface area contributed by atoms with Gasteiger partial charge in [-0.2, -0.15) is 0 Å². The summed E-state index contributed by atoms with van der Waals surface area (Å²) in [6, 6.07) is 10.5. The van der Waals surface area contributed by atoms with Gasteiger partial charge in [0.05, 0.1) is 4.90 Å². The van der Waals surface area contributed by atoms with Gasteiger partial charge in [-0.05, 0) is 30.7 Å². The molecule has 20 heavy (non-hydrogen) atoms. The molecule has 0 spiro atoms. The van der Waals surface area contributed by atoms with Crippen molar-refractivity contribution in [1.29, 1.82) is 0 Å². The van der Waals surface area contributed by atoms with Crippen molar-refractivity contribution in [1.82, 2.24) is 0 Å². The maximum absolute atomic E-state index is 14.1. The number of nitrogens with one attached hydrogen (secondary N) is 1. The average Bonchev–Trinajstić information content (AvgIpc) is 2.69. The molecule has 3 nitrogen and oxygen atoms in total. The van der Waals surface area contributed by atoms with E-state index in [4.69, 9.17) is 0 Å². The third-order valence-corrected chi connectivity index (χ3v) is 4.43. The van der Waals surface area contributed by atoms with Crippen LogP contribution in [0.15, 0.2) is 46.2 Å². The number of aryl methyl sites for hydroxylation is 1. The minimum absolute atomic E-state index is 0.293. The minimum Gasteiger partial charge on any atom is -0.378 e. The lowest BCUT2D eigenvalue weighted by Crippen LogP contribution is -2.10. The van der Waals surface area contributed by atoms with Gasteiger partial charge < -0.3 is 10.4 Å². The zero-order chi connectivity index (χ0) is 14.3. The van der Waals surface area contributed by atoms with Gasteiger partial charge in [0, 0.05) is 16.1 Å². The zero-order valence-corrected chi connectivity index (χ0v) is 11.5. The minimum atomic E-state index is -1.28. The van der Waals surface area contributed by atoms with Crippen molar-refractivity contribution in [2.45, 2.75) is 22.8 Å². The van der Waals surface area contributed by atoms with Gasteiger partial charge in [0.1, 0.15) is 5.82 Å². The van der Waals surface area contributed by atoms with Crippen LogP contribution in [0.1, 0.15) is 17.2 Å². The van der Waals surface area contributed by atoms with Crippen molar-refractivity contribution in [3.8, 4) is 0 Å². The van der Waals surface area contributed by atoms with Gasteiger partial charge in [-0.3, -0.25) is 4.79 Å². The highest BCUT2D eigenvalue weighted by Crippen LogP contribution is 2.39. The van der Waals surface area contributed by atoms with Gasteiger partial charge in [0.25, 0.3) is 5.91 Å². The van der Waals surface area contributed by atoms with E-state index < -0.39 is 17.8 Å². The van der Waals surface area contributed by atoms with Crippen LogP contribution in [0.4, 0.5) is 10.1 Å². The highest BCUT2D eigenvalue weighted by atomic mass is 32.2. The molecule has 0 radical (unpaired) electrons. The van der Waals surface area contributed by atoms with Gasteiger partial charge in [-0.25, -0.2) is 4.39 Å². The monoisotopic (exact) mass is 289 g/mol. The topological polar surface area (TPSA) is 49.3 Å². The molecule has 1 aliphatic heterocycles. The van der Waals surface area contributed by atoms with E-state index in [2.05, 4.69) is 5.32 Å². The number of amides is 1. The molecule has 1 atom stereocenters. The zero-order valence-electron chi connectivity index (χ0n) is 10.7. The molecule has 1 aliphatic rings. The number of halogens is 1. The average molecular weight is 289 g/mol. The lowest BCUT2D eigenvalue weighted by molar-refractivity contribution is -0.123. The number of carbonyl (C=O) groups excluding carboxylic acids is 1. The Kier molecular flexibility index (Phi) is 3.23. The fourth-order valence-corrected chi connectivity index (χ4v) is 3.06. The van der Waals surface area contributed by atoms with Crippen molar-refractivity contribution < 1.29 is 14.3 Å². The quantitative estimate of drug-likeness (QED) is 0.892. The summed E-state index contributed by atoms with van der Waals surface area (Å²) >= 11 is 1.30. The molecule has 0 aliphatic carbocycles. The van der Waals surface area contributed by atoms with E-state index in [-0.39, 0.29) is 0 Å². The molecule has 2 aromatic rings. The van der Waals surface area contributed by atoms with Crippen molar-refractivity contribution in [3.05, 3.63) is 53.3 Å². The molecule has 0 fully saturated rings. The molecule has 1 amide bonds. The van der Waals surface area contributed by atoms with Crippen LogP contribution in [0, 0.1) is 12.7 Å². The molecule has 102 valence electrons.